The Kier molecular flexibility index (Phi) is 9.16. The lowest BCUT2D eigenvalue weighted by Crippen LogP contribution is -2.41. The quantitative estimate of drug-likeness (QED) is 0.816. The largest absolute Gasteiger partial charge is 0.493 e. The van der Waals surface area contributed by atoms with Gasteiger partial charge in [-0.3, -0.25) is 4.79 Å². The number of halogens is 1. The maximum absolute atomic E-state index is 12.3. The third-order valence-corrected chi connectivity index (χ3v) is 4.43. The molecule has 24 heavy (non-hydrogen) atoms. The van der Waals surface area contributed by atoms with Crippen LogP contribution in [-0.2, 0) is 4.79 Å². The summed E-state index contributed by atoms with van der Waals surface area (Å²) in [7, 11) is 0. The molecule has 1 amide bonds. The third kappa shape index (κ3) is 6.70. The van der Waals surface area contributed by atoms with Crippen LogP contribution in [-0.4, -0.2) is 43.6 Å². The molecule has 0 unspecified atom stereocenters. The van der Waals surface area contributed by atoms with Crippen LogP contribution in [0.1, 0.15) is 37.3 Å². The van der Waals surface area contributed by atoms with E-state index in [-0.39, 0.29) is 18.3 Å². The monoisotopic (exact) mass is 354 g/mol. The zero-order chi connectivity index (χ0) is 16.7. The number of nitrogens with one attached hydrogen (secondary N) is 1. The van der Waals surface area contributed by atoms with Gasteiger partial charge >= 0.3 is 0 Å². The number of carbonyl (C=O) groups is 1. The molecule has 0 radical (unpaired) electrons. The maximum atomic E-state index is 12.3. The van der Waals surface area contributed by atoms with Crippen molar-refractivity contribution in [2.45, 2.75) is 40.0 Å². The highest BCUT2D eigenvalue weighted by molar-refractivity contribution is 5.85. The SMILES string of the molecule is CCNCC1CCN(C(=O)CCOc2cc(C)cc(C)c2)CC1.Cl. The predicted octanol–water partition coefficient (Wildman–Crippen LogP) is 3.34. The molecule has 136 valence electrons. The molecule has 1 aromatic rings. The van der Waals surface area contributed by atoms with Gasteiger partial charge in [-0.1, -0.05) is 13.0 Å². The van der Waals surface area contributed by atoms with Gasteiger partial charge in [0.05, 0.1) is 13.0 Å². The lowest BCUT2D eigenvalue weighted by atomic mass is 9.96. The first-order chi connectivity index (χ1) is 11.1. The van der Waals surface area contributed by atoms with E-state index in [2.05, 4.69) is 32.2 Å². The molecule has 1 saturated heterocycles. The molecule has 4 nitrogen and oxygen atoms in total. The Morgan fingerprint density at radius 2 is 1.83 bits per heavy atom. The van der Waals surface area contributed by atoms with Crippen molar-refractivity contribution in [3.63, 3.8) is 0 Å². The normalized spacial score (nSPS) is 15.0. The fraction of sp³-hybridized carbons (Fsp3) is 0.632. The van der Waals surface area contributed by atoms with E-state index >= 15 is 0 Å². The standard InChI is InChI=1S/C19H30N2O2.ClH/c1-4-20-14-17-5-8-21(9-6-17)19(22)7-10-23-18-12-15(2)11-16(3)13-18;/h11-13,17,20H,4-10,14H2,1-3H3;1H. The molecule has 1 aliphatic heterocycles. The van der Waals surface area contributed by atoms with Crippen LogP contribution in [0, 0.1) is 19.8 Å². The van der Waals surface area contributed by atoms with Crippen molar-refractivity contribution in [1.29, 1.82) is 0 Å². The maximum Gasteiger partial charge on any atom is 0.225 e. The molecule has 0 spiro atoms. The highest BCUT2D eigenvalue weighted by Crippen LogP contribution is 2.18. The Balaban J connectivity index is 0.00000288. The van der Waals surface area contributed by atoms with Crippen molar-refractivity contribution in [3.05, 3.63) is 29.3 Å². The van der Waals surface area contributed by atoms with Crippen LogP contribution in [0.25, 0.3) is 0 Å². The molecule has 0 bridgehead atoms. The van der Waals surface area contributed by atoms with Crippen molar-refractivity contribution >= 4 is 18.3 Å². The smallest absolute Gasteiger partial charge is 0.225 e. The third-order valence-electron chi connectivity index (χ3n) is 4.43. The second kappa shape index (κ2) is 10.6. The van der Waals surface area contributed by atoms with E-state index in [1.807, 2.05) is 17.0 Å². The van der Waals surface area contributed by atoms with Gasteiger partial charge in [-0.05, 0) is 69.0 Å². The summed E-state index contributed by atoms with van der Waals surface area (Å²) in [4.78, 5) is 14.3. The number of rotatable bonds is 7. The van der Waals surface area contributed by atoms with Crippen LogP contribution >= 0.6 is 12.4 Å². The Morgan fingerprint density at radius 1 is 1.21 bits per heavy atom. The fourth-order valence-electron chi connectivity index (χ4n) is 3.17. The van der Waals surface area contributed by atoms with Gasteiger partial charge < -0.3 is 15.0 Å². The summed E-state index contributed by atoms with van der Waals surface area (Å²) in [5.41, 5.74) is 2.38. The van der Waals surface area contributed by atoms with Crippen LogP contribution in [0.15, 0.2) is 18.2 Å². The van der Waals surface area contributed by atoms with E-state index in [0.29, 0.717) is 18.9 Å². The lowest BCUT2D eigenvalue weighted by molar-refractivity contribution is -0.133. The Morgan fingerprint density at radius 3 is 2.42 bits per heavy atom. The highest BCUT2D eigenvalue weighted by atomic mass is 35.5. The molecule has 2 rings (SSSR count). The molecule has 0 aliphatic carbocycles. The van der Waals surface area contributed by atoms with E-state index in [1.54, 1.807) is 0 Å². The molecule has 0 saturated carbocycles. The molecule has 1 aromatic carbocycles. The zero-order valence-electron chi connectivity index (χ0n) is 15.1. The number of hydrogen-bond donors (Lipinski definition) is 1. The lowest BCUT2D eigenvalue weighted by Gasteiger charge is -2.32. The van der Waals surface area contributed by atoms with Crippen LogP contribution in [0.5, 0.6) is 5.75 Å². The second-order valence-electron chi connectivity index (χ2n) is 6.55. The molecule has 0 aromatic heterocycles. The molecule has 1 fully saturated rings. The molecule has 1 aliphatic rings. The fourth-order valence-corrected chi connectivity index (χ4v) is 3.17. The van der Waals surface area contributed by atoms with E-state index in [4.69, 9.17) is 4.74 Å². The van der Waals surface area contributed by atoms with E-state index < -0.39 is 0 Å². The van der Waals surface area contributed by atoms with Gasteiger partial charge in [0.2, 0.25) is 5.91 Å². The summed E-state index contributed by atoms with van der Waals surface area (Å²) in [5.74, 6) is 1.79. The summed E-state index contributed by atoms with van der Waals surface area (Å²) in [6.45, 7) is 10.6. The van der Waals surface area contributed by atoms with Crippen LogP contribution in [0.3, 0.4) is 0 Å². The number of likely N-dealkylation sites (tertiary alicyclic amines) is 1. The molecular formula is C19H31ClN2O2. The first kappa shape index (κ1) is 20.8. The Bertz CT molecular complexity index is 494. The molecule has 5 heteroatoms. The van der Waals surface area contributed by atoms with Crippen molar-refractivity contribution in [1.82, 2.24) is 10.2 Å². The summed E-state index contributed by atoms with van der Waals surface area (Å²) < 4.78 is 5.75. The highest BCUT2D eigenvalue weighted by Gasteiger charge is 2.22. The molecule has 1 heterocycles. The van der Waals surface area contributed by atoms with Crippen LogP contribution < -0.4 is 10.1 Å². The average Bonchev–Trinajstić information content (AvgIpc) is 2.52. The number of nitrogens with zero attached hydrogens (tertiary/aromatic N) is 1. The van der Waals surface area contributed by atoms with E-state index in [1.165, 1.54) is 11.1 Å². The van der Waals surface area contributed by atoms with Gasteiger partial charge in [0.1, 0.15) is 5.75 Å². The average molecular weight is 355 g/mol. The van der Waals surface area contributed by atoms with Gasteiger partial charge in [0.15, 0.2) is 0 Å². The molecule has 0 atom stereocenters. The van der Waals surface area contributed by atoms with Gasteiger partial charge in [0, 0.05) is 13.1 Å². The van der Waals surface area contributed by atoms with Crippen LogP contribution in [0.4, 0.5) is 0 Å². The first-order valence-electron chi connectivity index (χ1n) is 8.78. The number of piperidine rings is 1. The molecule has 1 N–H and O–H groups in total. The minimum atomic E-state index is 0. The van der Waals surface area contributed by atoms with Crippen molar-refractivity contribution < 1.29 is 9.53 Å². The minimum Gasteiger partial charge on any atom is -0.493 e. The number of benzene rings is 1. The Labute approximate surface area is 152 Å². The van der Waals surface area contributed by atoms with Gasteiger partial charge in [-0.15, -0.1) is 12.4 Å². The topological polar surface area (TPSA) is 41.6 Å². The summed E-state index contributed by atoms with van der Waals surface area (Å²) in [6.07, 6.45) is 2.68. The number of hydrogen-bond acceptors (Lipinski definition) is 3. The zero-order valence-corrected chi connectivity index (χ0v) is 16.0. The van der Waals surface area contributed by atoms with Crippen molar-refractivity contribution in [2.24, 2.45) is 5.92 Å². The van der Waals surface area contributed by atoms with Gasteiger partial charge in [-0.2, -0.15) is 0 Å². The van der Waals surface area contributed by atoms with Gasteiger partial charge in [0.25, 0.3) is 0 Å². The van der Waals surface area contributed by atoms with Crippen LogP contribution in [0.2, 0.25) is 0 Å². The predicted molar refractivity (Wildman–Crippen MR) is 101 cm³/mol. The number of ether oxygens (including phenoxy) is 1. The summed E-state index contributed by atoms with van der Waals surface area (Å²) >= 11 is 0. The van der Waals surface area contributed by atoms with Gasteiger partial charge in [-0.25, -0.2) is 0 Å². The van der Waals surface area contributed by atoms with E-state index in [9.17, 15) is 4.79 Å². The number of amides is 1. The summed E-state index contributed by atoms with van der Waals surface area (Å²) in [6, 6.07) is 6.16. The van der Waals surface area contributed by atoms with Crippen molar-refractivity contribution in [2.75, 3.05) is 32.8 Å². The number of aryl methyl sites for hydroxylation is 2. The second-order valence-corrected chi connectivity index (χ2v) is 6.55. The summed E-state index contributed by atoms with van der Waals surface area (Å²) in [5, 5.41) is 3.40. The number of carbonyl (C=O) groups excluding carboxylic acids is 1. The van der Waals surface area contributed by atoms with Crippen molar-refractivity contribution in [3.8, 4) is 5.75 Å². The Hall–Kier alpha value is -1.26. The van der Waals surface area contributed by atoms with E-state index in [0.717, 1.165) is 44.8 Å². The minimum absolute atomic E-state index is 0. The first-order valence-corrected chi connectivity index (χ1v) is 8.78. The molecular weight excluding hydrogens is 324 g/mol.